The number of amides is 1. The number of hydrogen-bond donors (Lipinski definition) is 3. The first kappa shape index (κ1) is 43.3. The number of fused-ring (bicyclic) bond motifs is 3. The number of aliphatic hydroxyl groups is 3. The molecule has 0 aromatic heterocycles. The van der Waals surface area contributed by atoms with E-state index in [2.05, 4.69) is 13.8 Å². The fraction of sp³-hybridized carbons (Fsp3) is 0.810. The topological polar surface area (TPSA) is 160 Å². The first-order valence-corrected chi connectivity index (χ1v) is 20.3. The van der Waals surface area contributed by atoms with Gasteiger partial charge in [-0.2, -0.15) is 0 Å². The van der Waals surface area contributed by atoms with E-state index in [0.717, 1.165) is 12.8 Å². The summed E-state index contributed by atoms with van der Waals surface area (Å²) < 4.78 is 18.0. The van der Waals surface area contributed by atoms with Gasteiger partial charge in [0.15, 0.2) is 5.78 Å². The second-order valence-electron chi connectivity index (χ2n) is 17.0. The molecule has 300 valence electrons. The molecular formula is C42H67NO10. The number of ether oxygens (including phenoxy) is 3. The Morgan fingerprint density at radius 1 is 0.962 bits per heavy atom. The highest BCUT2D eigenvalue weighted by molar-refractivity contribution is 6.39. The van der Waals surface area contributed by atoms with E-state index in [1.165, 1.54) is 4.90 Å². The van der Waals surface area contributed by atoms with Crippen molar-refractivity contribution in [2.45, 2.75) is 168 Å². The molecule has 0 radical (unpaired) electrons. The van der Waals surface area contributed by atoms with Gasteiger partial charge in [-0.25, -0.2) is 4.79 Å². The lowest BCUT2D eigenvalue weighted by atomic mass is 9.79. The van der Waals surface area contributed by atoms with Crippen LogP contribution in [0.5, 0.6) is 0 Å². The summed E-state index contributed by atoms with van der Waals surface area (Å²) in [5.74, 6) is -6.09. The zero-order valence-electron chi connectivity index (χ0n) is 33.4. The Labute approximate surface area is 316 Å². The molecule has 53 heavy (non-hydrogen) atoms. The van der Waals surface area contributed by atoms with E-state index in [9.17, 15) is 34.5 Å². The van der Waals surface area contributed by atoms with E-state index in [0.29, 0.717) is 62.5 Å². The number of carbonyl (C=O) groups is 4. The van der Waals surface area contributed by atoms with Crippen LogP contribution < -0.4 is 0 Å². The highest BCUT2D eigenvalue weighted by Gasteiger charge is 2.54. The minimum Gasteiger partial charge on any atom is -0.456 e. The van der Waals surface area contributed by atoms with Crippen LogP contribution in [-0.2, 0) is 33.4 Å². The molecule has 0 aromatic carbocycles. The molecule has 13 atom stereocenters. The Kier molecular flexibility index (Phi) is 15.5. The van der Waals surface area contributed by atoms with Crippen LogP contribution in [0.1, 0.15) is 126 Å². The van der Waals surface area contributed by atoms with Gasteiger partial charge in [0.1, 0.15) is 12.1 Å². The van der Waals surface area contributed by atoms with Gasteiger partial charge in [-0.3, -0.25) is 14.4 Å². The van der Waals surface area contributed by atoms with Gasteiger partial charge in [0, 0.05) is 31.9 Å². The molecule has 3 N–H and O–H groups in total. The lowest BCUT2D eigenvalue weighted by molar-refractivity contribution is -0.275. The molecule has 1 amide bonds. The van der Waals surface area contributed by atoms with Gasteiger partial charge in [-0.15, -0.1) is 0 Å². The number of hydrogen-bond acceptors (Lipinski definition) is 10. The predicted molar refractivity (Wildman–Crippen MR) is 200 cm³/mol. The van der Waals surface area contributed by atoms with Crippen LogP contribution in [0.3, 0.4) is 0 Å². The minimum atomic E-state index is -2.32. The van der Waals surface area contributed by atoms with Gasteiger partial charge < -0.3 is 34.4 Å². The maximum atomic E-state index is 14.2. The predicted octanol–water partition coefficient (Wildman–Crippen LogP) is 5.47. The summed E-state index contributed by atoms with van der Waals surface area (Å²) in [6.45, 7) is 13.7. The molecule has 2 saturated heterocycles. The maximum Gasteiger partial charge on any atom is 0.329 e. The average Bonchev–Trinajstić information content (AvgIpc) is 3.12. The third-order valence-electron chi connectivity index (χ3n) is 12.6. The third-order valence-corrected chi connectivity index (χ3v) is 12.6. The van der Waals surface area contributed by atoms with E-state index in [-0.39, 0.29) is 54.9 Å². The third kappa shape index (κ3) is 10.5. The van der Waals surface area contributed by atoms with Crippen molar-refractivity contribution >= 4 is 23.4 Å². The van der Waals surface area contributed by atoms with E-state index in [4.69, 9.17) is 14.2 Å². The van der Waals surface area contributed by atoms with Gasteiger partial charge in [-0.05, 0) is 112 Å². The first-order chi connectivity index (χ1) is 25.0. The molecule has 3 aliphatic heterocycles. The SMILES string of the molecule is CCC1=CC(C)C[C@H](C)CCC2OC(O)(C(=O)C(=O)N3CCCCC3C(=O)OC(C(C)=C[C@@H]3CCC(O)C(OC)C3)[C@H](C)C(O)CC1=O)[C@H](C)C[C@@H]2C. The quantitative estimate of drug-likeness (QED) is 0.191. The van der Waals surface area contributed by atoms with Crippen LogP contribution in [0.2, 0.25) is 0 Å². The summed E-state index contributed by atoms with van der Waals surface area (Å²) in [4.78, 5) is 57.1. The molecule has 3 fully saturated rings. The molecule has 4 rings (SSSR count). The monoisotopic (exact) mass is 745 g/mol. The summed E-state index contributed by atoms with van der Waals surface area (Å²) in [5, 5.41) is 33.8. The molecule has 0 spiro atoms. The molecule has 1 saturated carbocycles. The Morgan fingerprint density at radius 2 is 1.68 bits per heavy atom. The Bertz CT molecular complexity index is 1360. The lowest BCUT2D eigenvalue weighted by Crippen LogP contribution is -2.61. The Balaban J connectivity index is 1.72. The molecule has 0 aromatic rings. The van der Waals surface area contributed by atoms with Crippen LogP contribution in [0.15, 0.2) is 23.3 Å². The highest BCUT2D eigenvalue weighted by Crippen LogP contribution is 2.40. The largest absolute Gasteiger partial charge is 0.456 e. The average molecular weight is 746 g/mol. The van der Waals surface area contributed by atoms with Crippen molar-refractivity contribution in [3.05, 3.63) is 23.3 Å². The number of esters is 1. The Morgan fingerprint density at radius 3 is 2.36 bits per heavy atom. The van der Waals surface area contributed by atoms with Gasteiger partial charge in [0.25, 0.3) is 11.7 Å². The van der Waals surface area contributed by atoms with Gasteiger partial charge in [0.05, 0.1) is 24.4 Å². The molecule has 3 heterocycles. The second-order valence-corrected chi connectivity index (χ2v) is 17.0. The summed E-state index contributed by atoms with van der Waals surface area (Å²) in [7, 11) is 1.57. The number of Topliss-reactive ketones (excluding diaryl/α,β-unsaturated/α-hetero) is 2. The van der Waals surface area contributed by atoms with Gasteiger partial charge >= 0.3 is 5.97 Å². The second kappa shape index (κ2) is 18.9. The van der Waals surface area contributed by atoms with Gasteiger partial charge in [0.2, 0.25) is 5.79 Å². The molecule has 11 nitrogen and oxygen atoms in total. The molecule has 4 aliphatic rings. The standard InChI is InChI=1S/C42H67NO10/c1-9-31-19-25(3)18-24(2)13-16-36-26(4)20-28(6)42(50,53-36)39(47)40(48)43-17-11-10-12-32(43)41(49)52-38(29(7)34(45)23-35(31)46)27(5)21-30-14-15-33(44)37(22-30)51-8/h19,21,24-26,28-30,32-34,36-38,44-45,50H,9-18,20,22-23H2,1-8H3/t24-,25?,26+,28-,29-,30+,32?,33?,34?,36?,37?,38?,42?/m1/s1. The van der Waals surface area contributed by atoms with E-state index in [1.807, 2.05) is 32.9 Å². The van der Waals surface area contributed by atoms with Crippen molar-refractivity contribution in [2.75, 3.05) is 13.7 Å². The maximum absolute atomic E-state index is 14.2. The number of carbonyl (C=O) groups excluding carboxylic acids is 4. The van der Waals surface area contributed by atoms with Crippen molar-refractivity contribution in [1.82, 2.24) is 4.90 Å². The molecule has 8 unspecified atom stereocenters. The van der Waals surface area contributed by atoms with Crippen molar-refractivity contribution in [3.8, 4) is 0 Å². The zero-order chi connectivity index (χ0) is 39.2. The number of nitrogens with zero attached hydrogens (tertiary/aromatic N) is 1. The van der Waals surface area contributed by atoms with Crippen LogP contribution in [-0.4, -0.2) is 99.7 Å². The molecule has 2 bridgehead atoms. The molecule has 1 aliphatic carbocycles. The number of ketones is 2. The molecule has 11 heteroatoms. The first-order valence-electron chi connectivity index (χ1n) is 20.3. The fourth-order valence-corrected chi connectivity index (χ4v) is 9.22. The normalized spacial score (nSPS) is 40.8. The van der Waals surface area contributed by atoms with Crippen LogP contribution in [0.4, 0.5) is 0 Å². The lowest BCUT2D eigenvalue weighted by Gasteiger charge is -2.45. The van der Waals surface area contributed by atoms with Crippen molar-refractivity contribution in [1.29, 1.82) is 0 Å². The smallest absolute Gasteiger partial charge is 0.329 e. The summed E-state index contributed by atoms with van der Waals surface area (Å²) >= 11 is 0. The Hall–Kier alpha value is -2.44. The molecular weight excluding hydrogens is 678 g/mol. The zero-order valence-corrected chi connectivity index (χ0v) is 33.4. The number of allylic oxidation sites excluding steroid dienone is 3. The number of aliphatic hydroxyl groups excluding tert-OH is 2. The highest BCUT2D eigenvalue weighted by atomic mass is 16.6. The summed E-state index contributed by atoms with van der Waals surface area (Å²) in [6, 6.07) is -1.08. The van der Waals surface area contributed by atoms with Crippen molar-refractivity contribution < 1.29 is 48.7 Å². The van der Waals surface area contributed by atoms with Crippen LogP contribution >= 0.6 is 0 Å². The van der Waals surface area contributed by atoms with E-state index in [1.54, 1.807) is 21.0 Å². The van der Waals surface area contributed by atoms with E-state index < -0.39 is 65.7 Å². The number of piperidine rings is 1. The van der Waals surface area contributed by atoms with E-state index >= 15 is 0 Å². The number of methoxy groups -OCH3 is 1. The summed E-state index contributed by atoms with van der Waals surface area (Å²) in [5.41, 5.74) is 1.34. The number of cyclic esters (lactones) is 1. The van der Waals surface area contributed by atoms with Crippen LogP contribution in [0, 0.1) is 35.5 Å². The van der Waals surface area contributed by atoms with Gasteiger partial charge in [-0.1, -0.05) is 53.7 Å². The van der Waals surface area contributed by atoms with Crippen molar-refractivity contribution in [3.63, 3.8) is 0 Å². The van der Waals surface area contributed by atoms with Crippen LogP contribution in [0.25, 0.3) is 0 Å². The fourth-order valence-electron chi connectivity index (χ4n) is 9.22. The number of rotatable bonds is 4. The minimum absolute atomic E-state index is 0.0202. The van der Waals surface area contributed by atoms with Crippen molar-refractivity contribution in [2.24, 2.45) is 35.5 Å². The summed E-state index contributed by atoms with van der Waals surface area (Å²) in [6.07, 6.45) is 6.97.